The van der Waals surface area contributed by atoms with Crippen LogP contribution >= 0.6 is 0 Å². The average molecular weight is 325 g/mol. The summed E-state index contributed by atoms with van der Waals surface area (Å²) in [6, 6.07) is 14.6. The number of quaternary nitrogens is 1. The van der Waals surface area contributed by atoms with Crippen LogP contribution in [-0.2, 0) is 13.0 Å². The molecule has 0 radical (unpaired) electrons. The van der Waals surface area contributed by atoms with Gasteiger partial charge in [-0.15, -0.1) is 0 Å². The normalized spacial score (nSPS) is 10.9. The minimum atomic E-state index is 0.645. The number of methoxy groups -OCH3 is 1. The first-order valence-corrected chi connectivity index (χ1v) is 8.48. The Balaban J connectivity index is 1.55. The summed E-state index contributed by atoms with van der Waals surface area (Å²) in [6.45, 7) is 4.61. The molecule has 0 fully saturated rings. The number of aromatic nitrogens is 1. The predicted molar refractivity (Wildman–Crippen MR) is 96.7 cm³/mol. The Morgan fingerprint density at radius 2 is 1.96 bits per heavy atom. The van der Waals surface area contributed by atoms with Crippen molar-refractivity contribution in [3.05, 3.63) is 59.8 Å². The Morgan fingerprint density at radius 1 is 1.08 bits per heavy atom. The van der Waals surface area contributed by atoms with Gasteiger partial charge in [-0.3, -0.25) is 0 Å². The van der Waals surface area contributed by atoms with Crippen molar-refractivity contribution in [1.82, 2.24) is 4.98 Å². The fourth-order valence-electron chi connectivity index (χ4n) is 2.98. The van der Waals surface area contributed by atoms with Crippen molar-refractivity contribution in [2.24, 2.45) is 0 Å². The number of hydrogen-bond donors (Lipinski definition) is 2. The molecule has 0 aliphatic rings. The van der Waals surface area contributed by atoms with E-state index in [0.29, 0.717) is 6.61 Å². The van der Waals surface area contributed by atoms with Crippen LogP contribution in [0.5, 0.6) is 11.5 Å². The largest absolute Gasteiger partial charge is 0.493 e. The van der Waals surface area contributed by atoms with Crippen molar-refractivity contribution in [2.45, 2.75) is 19.9 Å². The molecule has 2 aromatic carbocycles. The van der Waals surface area contributed by atoms with Crippen LogP contribution in [0.2, 0.25) is 0 Å². The molecule has 0 amide bonds. The molecule has 1 heterocycles. The smallest absolute Gasteiger partial charge is 0.161 e. The lowest BCUT2D eigenvalue weighted by molar-refractivity contribution is -0.670. The Bertz CT molecular complexity index is 795. The van der Waals surface area contributed by atoms with E-state index in [1.54, 1.807) is 7.11 Å². The van der Waals surface area contributed by atoms with E-state index < -0.39 is 0 Å². The van der Waals surface area contributed by atoms with Crippen molar-refractivity contribution in [3.63, 3.8) is 0 Å². The number of hydrogen-bond acceptors (Lipinski definition) is 2. The van der Waals surface area contributed by atoms with Crippen molar-refractivity contribution >= 4 is 10.9 Å². The van der Waals surface area contributed by atoms with E-state index in [9.17, 15) is 0 Å². The van der Waals surface area contributed by atoms with Crippen molar-refractivity contribution < 1.29 is 14.8 Å². The second kappa shape index (κ2) is 7.88. The highest BCUT2D eigenvalue weighted by Gasteiger charge is 2.07. The Hall–Kier alpha value is -2.46. The number of rotatable bonds is 8. The Labute approximate surface area is 142 Å². The molecule has 0 aliphatic heterocycles. The molecule has 0 atom stereocenters. The summed E-state index contributed by atoms with van der Waals surface area (Å²) in [5.41, 5.74) is 3.84. The maximum atomic E-state index is 5.56. The van der Waals surface area contributed by atoms with E-state index in [-0.39, 0.29) is 0 Å². The number of para-hydroxylation sites is 1. The number of fused-ring (bicyclic) bond motifs is 1. The summed E-state index contributed by atoms with van der Waals surface area (Å²) < 4.78 is 11.0. The molecule has 0 bridgehead atoms. The summed E-state index contributed by atoms with van der Waals surface area (Å²) in [5.74, 6) is 1.61. The predicted octanol–water partition coefficient (Wildman–Crippen LogP) is 2.88. The molecular weight excluding hydrogens is 300 g/mol. The van der Waals surface area contributed by atoms with E-state index >= 15 is 0 Å². The molecule has 0 spiro atoms. The van der Waals surface area contributed by atoms with Crippen molar-refractivity contribution in [2.75, 3.05) is 20.3 Å². The van der Waals surface area contributed by atoms with E-state index in [2.05, 4.69) is 52.9 Å². The molecule has 4 nitrogen and oxygen atoms in total. The summed E-state index contributed by atoms with van der Waals surface area (Å²) in [7, 11) is 1.68. The second-order valence-corrected chi connectivity index (χ2v) is 5.81. The summed E-state index contributed by atoms with van der Waals surface area (Å²) in [4.78, 5) is 3.34. The van der Waals surface area contributed by atoms with Gasteiger partial charge in [0.05, 0.1) is 20.3 Å². The molecule has 0 unspecified atom stereocenters. The zero-order valence-corrected chi connectivity index (χ0v) is 14.3. The fraction of sp³-hybridized carbons (Fsp3) is 0.300. The van der Waals surface area contributed by atoms with Crippen LogP contribution in [0.1, 0.15) is 18.1 Å². The van der Waals surface area contributed by atoms with Gasteiger partial charge in [0.2, 0.25) is 0 Å². The van der Waals surface area contributed by atoms with Crippen LogP contribution in [0, 0.1) is 0 Å². The zero-order valence-electron chi connectivity index (χ0n) is 14.3. The monoisotopic (exact) mass is 325 g/mol. The van der Waals surface area contributed by atoms with Crippen LogP contribution in [0.25, 0.3) is 10.9 Å². The van der Waals surface area contributed by atoms with Crippen LogP contribution in [0.4, 0.5) is 0 Å². The topological polar surface area (TPSA) is 50.9 Å². The first-order valence-electron chi connectivity index (χ1n) is 8.48. The molecule has 3 N–H and O–H groups in total. The molecule has 0 saturated carbocycles. The molecule has 24 heavy (non-hydrogen) atoms. The van der Waals surface area contributed by atoms with Gasteiger partial charge in [-0.2, -0.15) is 0 Å². The highest BCUT2D eigenvalue weighted by molar-refractivity contribution is 5.82. The molecule has 0 aliphatic carbocycles. The number of benzene rings is 2. The molecule has 0 saturated heterocycles. The third-order valence-electron chi connectivity index (χ3n) is 4.20. The minimum absolute atomic E-state index is 0.645. The minimum Gasteiger partial charge on any atom is -0.493 e. The van der Waals surface area contributed by atoms with E-state index in [1.165, 1.54) is 22.0 Å². The van der Waals surface area contributed by atoms with Crippen LogP contribution in [0.15, 0.2) is 48.7 Å². The zero-order chi connectivity index (χ0) is 16.8. The quantitative estimate of drug-likeness (QED) is 0.626. The number of H-pyrrole nitrogens is 1. The first kappa shape index (κ1) is 16.4. The Kier molecular flexibility index (Phi) is 5.39. The molecule has 1 aromatic heterocycles. The van der Waals surface area contributed by atoms with Gasteiger partial charge in [0.25, 0.3) is 0 Å². The van der Waals surface area contributed by atoms with Crippen LogP contribution < -0.4 is 14.8 Å². The molecule has 126 valence electrons. The fourth-order valence-corrected chi connectivity index (χ4v) is 2.98. The average Bonchev–Trinajstić information content (AvgIpc) is 3.03. The molecular formula is C20H25N2O2+. The lowest BCUT2D eigenvalue weighted by atomic mass is 10.1. The standard InChI is InChI=1S/C20H24N2O2/c1-3-24-19-9-8-15(12-20(19)23-2)13-21-11-10-16-14-22-18-7-5-4-6-17(16)18/h4-9,12,14,21-22H,3,10-11,13H2,1-2H3/p+1. The summed E-state index contributed by atoms with van der Waals surface area (Å²) in [6.07, 6.45) is 3.18. The lowest BCUT2D eigenvalue weighted by Crippen LogP contribution is -2.83. The van der Waals surface area contributed by atoms with Gasteiger partial charge in [0.15, 0.2) is 11.5 Å². The summed E-state index contributed by atoms with van der Waals surface area (Å²) >= 11 is 0. The van der Waals surface area contributed by atoms with E-state index in [4.69, 9.17) is 9.47 Å². The lowest BCUT2D eigenvalue weighted by Gasteiger charge is -2.10. The van der Waals surface area contributed by atoms with E-state index in [1.807, 2.05) is 13.0 Å². The first-order chi connectivity index (χ1) is 11.8. The van der Waals surface area contributed by atoms with Crippen LogP contribution in [0.3, 0.4) is 0 Å². The van der Waals surface area contributed by atoms with Crippen LogP contribution in [-0.4, -0.2) is 25.2 Å². The number of ether oxygens (including phenoxy) is 2. The van der Waals surface area contributed by atoms with Gasteiger partial charge in [-0.05, 0) is 36.8 Å². The third kappa shape index (κ3) is 3.71. The van der Waals surface area contributed by atoms with Gasteiger partial charge in [0, 0.05) is 29.1 Å². The van der Waals surface area contributed by atoms with Gasteiger partial charge in [-0.1, -0.05) is 18.2 Å². The van der Waals surface area contributed by atoms with Crippen molar-refractivity contribution in [3.8, 4) is 11.5 Å². The maximum absolute atomic E-state index is 5.56. The molecule has 4 heteroatoms. The Morgan fingerprint density at radius 3 is 2.79 bits per heavy atom. The maximum Gasteiger partial charge on any atom is 0.161 e. The summed E-state index contributed by atoms with van der Waals surface area (Å²) in [5, 5.41) is 3.66. The SMILES string of the molecule is CCOc1ccc(C[NH2+]CCc2c[nH]c3ccccc23)cc1OC. The molecule has 3 aromatic rings. The number of nitrogens with one attached hydrogen (secondary N) is 1. The second-order valence-electron chi connectivity index (χ2n) is 5.81. The van der Waals surface area contributed by atoms with Gasteiger partial charge >= 0.3 is 0 Å². The number of nitrogens with two attached hydrogens (primary N) is 1. The van der Waals surface area contributed by atoms with Crippen molar-refractivity contribution in [1.29, 1.82) is 0 Å². The number of aromatic amines is 1. The highest BCUT2D eigenvalue weighted by atomic mass is 16.5. The highest BCUT2D eigenvalue weighted by Crippen LogP contribution is 2.27. The van der Waals surface area contributed by atoms with Gasteiger partial charge in [0.1, 0.15) is 6.54 Å². The van der Waals surface area contributed by atoms with Gasteiger partial charge < -0.3 is 19.8 Å². The third-order valence-corrected chi connectivity index (χ3v) is 4.20. The van der Waals surface area contributed by atoms with Gasteiger partial charge in [-0.25, -0.2) is 0 Å². The molecule has 3 rings (SSSR count). The van der Waals surface area contributed by atoms with E-state index in [0.717, 1.165) is 31.0 Å².